The van der Waals surface area contributed by atoms with Crippen LogP contribution in [0.4, 0.5) is 0 Å². The van der Waals surface area contributed by atoms with E-state index in [4.69, 9.17) is 18.3 Å². The molecular formula is C18H24BN3O2. The van der Waals surface area contributed by atoms with Gasteiger partial charge in [0, 0.05) is 7.05 Å². The number of nitrogens with zero attached hydrogens (tertiary/aromatic N) is 2. The topological polar surface area (TPSA) is 67.9 Å². The van der Waals surface area contributed by atoms with Crippen LogP contribution in [-0.4, -0.2) is 43.8 Å². The molecule has 1 aromatic carbocycles. The minimum absolute atomic E-state index is 0.0746. The molecule has 1 aliphatic heterocycles. The third-order valence-corrected chi connectivity index (χ3v) is 5.06. The molecule has 2 aliphatic rings. The molecule has 1 unspecified atom stereocenters. The van der Waals surface area contributed by atoms with E-state index in [1.165, 1.54) is 24.2 Å². The molecule has 3 rings (SSSR count). The van der Waals surface area contributed by atoms with Crippen LogP contribution in [0.5, 0.6) is 5.75 Å². The first-order chi connectivity index (χ1) is 11.5. The Morgan fingerprint density at radius 1 is 1.38 bits per heavy atom. The Morgan fingerprint density at radius 2 is 2.12 bits per heavy atom. The monoisotopic (exact) mass is 325 g/mol. The Balaban J connectivity index is 1.78. The molecule has 0 spiro atoms. The van der Waals surface area contributed by atoms with E-state index in [-0.39, 0.29) is 18.5 Å². The lowest BCUT2D eigenvalue weighted by atomic mass is 9.79. The number of nitrogens with two attached hydrogens (primary N) is 1. The Labute approximate surface area is 144 Å². The van der Waals surface area contributed by atoms with Crippen molar-refractivity contribution in [1.82, 2.24) is 4.90 Å². The molecule has 1 saturated carbocycles. The van der Waals surface area contributed by atoms with Gasteiger partial charge in [-0.3, -0.25) is 9.69 Å². The highest BCUT2D eigenvalue weighted by Gasteiger charge is 2.48. The predicted octanol–water partition coefficient (Wildman–Crippen LogP) is 1.36. The Kier molecular flexibility index (Phi) is 4.83. The summed E-state index contributed by atoms with van der Waals surface area (Å²) in [5, 5.41) is 0. The number of hydrogen-bond donors (Lipinski definition) is 1. The van der Waals surface area contributed by atoms with Crippen LogP contribution in [0.25, 0.3) is 0 Å². The minimum Gasteiger partial charge on any atom is -0.491 e. The van der Waals surface area contributed by atoms with Gasteiger partial charge in [-0.05, 0) is 24.5 Å². The fourth-order valence-corrected chi connectivity index (χ4v) is 3.72. The molecule has 0 saturated heterocycles. The highest BCUT2D eigenvalue weighted by atomic mass is 16.5. The second-order valence-electron chi connectivity index (χ2n) is 6.94. The summed E-state index contributed by atoms with van der Waals surface area (Å²) in [6, 6.07) is 7.22. The van der Waals surface area contributed by atoms with E-state index in [1.54, 1.807) is 19.2 Å². The van der Waals surface area contributed by atoms with Gasteiger partial charge in [-0.15, -0.1) is 0 Å². The molecule has 24 heavy (non-hydrogen) atoms. The van der Waals surface area contributed by atoms with Crippen LogP contribution in [0.15, 0.2) is 29.3 Å². The summed E-state index contributed by atoms with van der Waals surface area (Å²) in [6.07, 6.45) is 6.71. The van der Waals surface area contributed by atoms with Gasteiger partial charge in [-0.1, -0.05) is 49.7 Å². The predicted molar refractivity (Wildman–Crippen MR) is 95.6 cm³/mol. The first-order valence-electron chi connectivity index (χ1n) is 8.62. The van der Waals surface area contributed by atoms with Crippen LogP contribution in [0, 0.1) is 5.92 Å². The standard InChI is InChI=1S/C18H24BN3O2/c1-22-16(23)18(21-17(22)20,11-13-6-3-2-4-7-13)12-24-15-9-5-8-14(19)10-15/h5,8-10,13H,2-4,6-7,11-12H2,1H3,(H2,20,21). The maximum Gasteiger partial charge on any atom is 0.260 e. The third-order valence-electron chi connectivity index (χ3n) is 5.06. The van der Waals surface area contributed by atoms with Crippen molar-refractivity contribution in [3.05, 3.63) is 24.3 Å². The van der Waals surface area contributed by atoms with Crippen molar-refractivity contribution in [3.8, 4) is 5.75 Å². The Bertz CT molecular complexity index is 643. The number of benzene rings is 1. The van der Waals surface area contributed by atoms with E-state index in [2.05, 4.69) is 4.99 Å². The summed E-state index contributed by atoms with van der Waals surface area (Å²) in [7, 11) is 7.46. The molecule has 1 aliphatic carbocycles. The lowest BCUT2D eigenvalue weighted by Gasteiger charge is -2.31. The molecular weight excluding hydrogens is 301 g/mol. The van der Waals surface area contributed by atoms with E-state index in [9.17, 15) is 4.79 Å². The van der Waals surface area contributed by atoms with Crippen LogP contribution in [-0.2, 0) is 4.79 Å². The summed E-state index contributed by atoms with van der Waals surface area (Å²) in [5.41, 5.74) is 5.64. The Hall–Kier alpha value is -1.98. The quantitative estimate of drug-likeness (QED) is 0.831. The first kappa shape index (κ1) is 16.9. The molecule has 126 valence electrons. The van der Waals surface area contributed by atoms with Gasteiger partial charge in [-0.25, -0.2) is 4.99 Å². The zero-order valence-electron chi connectivity index (χ0n) is 14.2. The first-order valence-corrected chi connectivity index (χ1v) is 8.62. The van der Waals surface area contributed by atoms with Gasteiger partial charge in [0.15, 0.2) is 11.5 Å². The number of aliphatic imine (C=N–C) groups is 1. The SMILES string of the molecule is [B]c1cccc(OCC2(CC3CCCCC3)N=C(N)N(C)C2=O)c1. The maximum absolute atomic E-state index is 12.8. The molecule has 1 amide bonds. The van der Waals surface area contributed by atoms with Crippen LogP contribution in [0.2, 0.25) is 0 Å². The fourth-order valence-electron chi connectivity index (χ4n) is 3.72. The summed E-state index contributed by atoms with van der Waals surface area (Å²) in [4.78, 5) is 18.8. The van der Waals surface area contributed by atoms with Crippen molar-refractivity contribution >= 4 is 25.2 Å². The Morgan fingerprint density at radius 3 is 2.75 bits per heavy atom. The van der Waals surface area contributed by atoms with Crippen LogP contribution >= 0.6 is 0 Å². The normalized spacial score (nSPS) is 25.0. The smallest absolute Gasteiger partial charge is 0.260 e. The largest absolute Gasteiger partial charge is 0.491 e. The summed E-state index contributed by atoms with van der Waals surface area (Å²) in [6.45, 7) is 0.191. The van der Waals surface area contributed by atoms with Gasteiger partial charge in [0.05, 0.1) is 0 Å². The van der Waals surface area contributed by atoms with Gasteiger partial charge in [0.25, 0.3) is 5.91 Å². The molecule has 1 aromatic rings. The number of ether oxygens (including phenoxy) is 1. The maximum atomic E-state index is 12.8. The highest BCUT2D eigenvalue weighted by molar-refractivity contribution is 6.32. The number of guanidine groups is 1. The number of carbonyl (C=O) groups excluding carboxylic acids is 1. The molecule has 1 atom stereocenters. The molecule has 2 N–H and O–H groups in total. The second kappa shape index (κ2) is 6.87. The van der Waals surface area contributed by atoms with E-state index in [0.29, 0.717) is 23.6 Å². The zero-order chi connectivity index (χ0) is 17.2. The van der Waals surface area contributed by atoms with Crippen molar-refractivity contribution in [2.45, 2.75) is 44.1 Å². The highest BCUT2D eigenvalue weighted by Crippen LogP contribution is 2.36. The lowest BCUT2D eigenvalue weighted by molar-refractivity contribution is -0.132. The van der Waals surface area contributed by atoms with E-state index < -0.39 is 5.54 Å². The van der Waals surface area contributed by atoms with E-state index in [0.717, 1.165) is 12.8 Å². The number of likely N-dealkylation sites (N-methyl/N-ethyl adjacent to an activating group) is 1. The lowest BCUT2D eigenvalue weighted by Crippen LogP contribution is -2.47. The number of carbonyl (C=O) groups is 1. The van der Waals surface area contributed by atoms with Crippen molar-refractivity contribution in [1.29, 1.82) is 0 Å². The molecule has 2 radical (unpaired) electrons. The molecule has 1 fully saturated rings. The molecule has 5 nitrogen and oxygen atoms in total. The van der Waals surface area contributed by atoms with Crippen molar-refractivity contribution in [3.63, 3.8) is 0 Å². The van der Waals surface area contributed by atoms with Crippen LogP contribution in [0.3, 0.4) is 0 Å². The van der Waals surface area contributed by atoms with Gasteiger partial charge < -0.3 is 10.5 Å². The molecule has 6 heteroatoms. The van der Waals surface area contributed by atoms with Crippen LogP contribution in [0.1, 0.15) is 38.5 Å². The third kappa shape index (κ3) is 3.42. The summed E-state index contributed by atoms with van der Waals surface area (Å²) >= 11 is 0. The summed E-state index contributed by atoms with van der Waals surface area (Å²) < 4.78 is 5.89. The van der Waals surface area contributed by atoms with Gasteiger partial charge in [0.1, 0.15) is 20.2 Å². The average molecular weight is 325 g/mol. The van der Waals surface area contributed by atoms with Gasteiger partial charge in [-0.2, -0.15) is 0 Å². The average Bonchev–Trinajstić information content (AvgIpc) is 2.78. The van der Waals surface area contributed by atoms with Crippen molar-refractivity contribution < 1.29 is 9.53 Å². The van der Waals surface area contributed by atoms with E-state index >= 15 is 0 Å². The fraction of sp³-hybridized carbons (Fsp3) is 0.556. The van der Waals surface area contributed by atoms with E-state index in [1.807, 2.05) is 12.1 Å². The van der Waals surface area contributed by atoms with Gasteiger partial charge >= 0.3 is 0 Å². The van der Waals surface area contributed by atoms with Crippen molar-refractivity contribution in [2.24, 2.45) is 16.6 Å². The number of amides is 1. The minimum atomic E-state index is -0.911. The number of rotatable bonds is 5. The van der Waals surface area contributed by atoms with Gasteiger partial charge in [0.2, 0.25) is 0 Å². The molecule has 1 heterocycles. The zero-order valence-corrected chi connectivity index (χ0v) is 14.2. The van der Waals surface area contributed by atoms with Crippen LogP contribution < -0.4 is 15.9 Å². The van der Waals surface area contributed by atoms with Crippen molar-refractivity contribution in [2.75, 3.05) is 13.7 Å². The molecule has 0 aromatic heterocycles. The molecule has 0 bridgehead atoms. The second-order valence-corrected chi connectivity index (χ2v) is 6.94. The summed E-state index contributed by atoms with van der Waals surface area (Å²) in [5.74, 6) is 1.34. The number of hydrogen-bond acceptors (Lipinski definition) is 4.